The number of fused-ring (bicyclic) bond motifs is 2. The molecule has 1 aromatic heterocycles. The molecule has 1 amide bonds. The van der Waals surface area contributed by atoms with Gasteiger partial charge in [0.05, 0.1) is 0 Å². The Morgan fingerprint density at radius 1 is 1.24 bits per heavy atom. The van der Waals surface area contributed by atoms with E-state index in [9.17, 15) is 4.79 Å². The Balaban J connectivity index is 1.66. The first-order valence-corrected chi connectivity index (χ1v) is 9.32. The highest BCUT2D eigenvalue weighted by atomic mass is 16.5. The summed E-state index contributed by atoms with van der Waals surface area (Å²) in [5.74, 6) is 1.46. The van der Waals surface area contributed by atoms with Gasteiger partial charge < -0.3 is 9.42 Å². The smallest absolute Gasteiger partial charge is 0.280 e. The molecule has 25 heavy (non-hydrogen) atoms. The molecule has 2 heterocycles. The molecule has 2 aliphatic rings. The van der Waals surface area contributed by atoms with Crippen LogP contribution < -0.4 is 4.90 Å². The van der Waals surface area contributed by atoms with E-state index >= 15 is 0 Å². The molecule has 0 fully saturated rings. The number of benzene rings is 1. The predicted molar refractivity (Wildman–Crippen MR) is 97.9 cm³/mol. The molecule has 1 unspecified atom stereocenters. The minimum absolute atomic E-state index is 0.00768. The molecule has 0 N–H and O–H groups in total. The van der Waals surface area contributed by atoms with E-state index in [0.29, 0.717) is 11.6 Å². The second kappa shape index (κ2) is 6.01. The second-order valence-corrected chi connectivity index (χ2v) is 8.43. The van der Waals surface area contributed by atoms with E-state index in [1.807, 2.05) is 23.1 Å². The van der Waals surface area contributed by atoms with Crippen molar-refractivity contribution >= 4 is 11.6 Å². The van der Waals surface area contributed by atoms with Crippen molar-refractivity contribution in [1.82, 2.24) is 5.16 Å². The van der Waals surface area contributed by atoms with Crippen molar-refractivity contribution in [2.45, 2.75) is 52.9 Å². The van der Waals surface area contributed by atoms with Gasteiger partial charge in [-0.25, -0.2) is 0 Å². The third-order valence-corrected chi connectivity index (χ3v) is 5.82. The molecule has 0 radical (unpaired) electrons. The van der Waals surface area contributed by atoms with Crippen LogP contribution in [0.25, 0.3) is 0 Å². The highest BCUT2D eigenvalue weighted by molar-refractivity contribution is 6.06. The fourth-order valence-corrected chi connectivity index (χ4v) is 4.18. The Kier molecular flexibility index (Phi) is 3.94. The maximum Gasteiger partial charge on any atom is 0.280 e. The number of para-hydroxylation sites is 1. The topological polar surface area (TPSA) is 46.3 Å². The number of hydrogen-bond acceptors (Lipinski definition) is 3. The van der Waals surface area contributed by atoms with Crippen LogP contribution in [0.5, 0.6) is 0 Å². The van der Waals surface area contributed by atoms with Crippen molar-refractivity contribution in [3.05, 3.63) is 46.8 Å². The van der Waals surface area contributed by atoms with Crippen LogP contribution in [0.4, 0.5) is 5.69 Å². The summed E-state index contributed by atoms with van der Waals surface area (Å²) < 4.78 is 5.55. The van der Waals surface area contributed by atoms with Gasteiger partial charge in [-0.3, -0.25) is 4.79 Å². The number of nitrogens with zero attached hydrogens (tertiary/aromatic N) is 2. The first kappa shape index (κ1) is 16.4. The molecule has 1 aromatic carbocycles. The third kappa shape index (κ3) is 2.88. The average molecular weight is 338 g/mol. The third-order valence-electron chi connectivity index (χ3n) is 5.82. The monoisotopic (exact) mass is 338 g/mol. The molecule has 4 nitrogen and oxygen atoms in total. The minimum Gasteiger partial charge on any atom is -0.360 e. The summed E-state index contributed by atoms with van der Waals surface area (Å²) in [6.07, 6.45) is 4.90. The lowest BCUT2D eigenvalue weighted by Crippen LogP contribution is -2.36. The van der Waals surface area contributed by atoms with Crippen LogP contribution in [0.1, 0.15) is 61.0 Å². The summed E-state index contributed by atoms with van der Waals surface area (Å²) in [6, 6.07) is 8.19. The van der Waals surface area contributed by atoms with Crippen molar-refractivity contribution in [3.8, 4) is 0 Å². The highest BCUT2D eigenvalue weighted by Crippen LogP contribution is 2.39. The quantitative estimate of drug-likeness (QED) is 0.773. The van der Waals surface area contributed by atoms with E-state index in [4.69, 9.17) is 4.52 Å². The van der Waals surface area contributed by atoms with Crippen LogP contribution in [0.15, 0.2) is 28.8 Å². The maximum atomic E-state index is 13.3. The summed E-state index contributed by atoms with van der Waals surface area (Å²) in [5, 5.41) is 4.20. The molecule has 4 rings (SSSR count). The first-order chi connectivity index (χ1) is 11.9. The van der Waals surface area contributed by atoms with Crippen molar-refractivity contribution in [2.75, 3.05) is 11.4 Å². The summed E-state index contributed by atoms with van der Waals surface area (Å²) in [5.41, 5.74) is 4.07. The van der Waals surface area contributed by atoms with Gasteiger partial charge in [0.1, 0.15) is 5.76 Å². The van der Waals surface area contributed by atoms with Crippen molar-refractivity contribution in [2.24, 2.45) is 11.3 Å². The van der Waals surface area contributed by atoms with E-state index in [-0.39, 0.29) is 11.3 Å². The predicted octanol–water partition coefficient (Wildman–Crippen LogP) is 4.42. The van der Waals surface area contributed by atoms with E-state index in [0.717, 1.165) is 55.7 Å². The number of rotatable bonds is 1. The van der Waals surface area contributed by atoms with Gasteiger partial charge in [0.2, 0.25) is 0 Å². The Morgan fingerprint density at radius 3 is 2.84 bits per heavy atom. The second-order valence-electron chi connectivity index (χ2n) is 8.43. The van der Waals surface area contributed by atoms with Crippen molar-refractivity contribution in [3.63, 3.8) is 0 Å². The summed E-state index contributed by atoms with van der Waals surface area (Å²) in [4.78, 5) is 15.1. The molecule has 132 valence electrons. The van der Waals surface area contributed by atoms with Gasteiger partial charge in [-0.05, 0) is 48.6 Å². The molecule has 0 saturated heterocycles. The Labute approximate surface area is 149 Å². The lowest BCUT2D eigenvalue weighted by atomic mass is 9.71. The lowest BCUT2D eigenvalue weighted by molar-refractivity contribution is 0.0975. The SMILES string of the molecule is CC(C)(C)C1CCc2onc(C(=O)N3CCCc4ccccc43)c2C1. The van der Waals surface area contributed by atoms with Crippen molar-refractivity contribution in [1.29, 1.82) is 0 Å². The number of anilines is 1. The van der Waals surface area contributed by atoms with Gasteiger partial charge >= 0.3 is 0 Å². The number of hydrogen-bond donors (Lipinski definition) is 0. The Morgan fingerprint density at radius 2 is 2.04 bits per heavy atom. The van der Waals surface area contributed by atoms with E-state index in [1.54, 1.807) is 0 Å². The summed E-state index contributed by atoms with van der Waals surface area (Å²) in [7, 11) is 0. The number of aromatic nitrogens is 1. The highest BCUT2D eigenvalue weighted by Gasteiger charge is 2.36. The zero-order valence-electron chi connectivity index (χ0n) is 15.3. The first-order valence-electron chi connectivity index (χ1n) is 9.32. The normalized spacial score (nSPS) is 20.1. The standard InChI is InChI=1S/C21H26N2O2/c1-21(2,3)15-10-11-18-16(13-15)19(22-25-18)20(24)23-12-6-8-14-7-4-5-9-17(14)23/h4-5,7,9,15H,6,8,10-13H2,1-3H3. The molecule has 0 saturated carbocycles. The Hall–Kier alpha value is -2.10. The van der Waals surface area contributed by atoms with E-state index in [2.05, 4.69) is 32.0 Å². The van der Waals surface area contributed by atoms with E-state index < -0.39 is 0 Å². The molecule has 2 aromatic rings. The molecule has 0 bridgehead atoms. The molecule has 4 heteroatoms. The fourth-order valence-electron chi connectivity index (χ4n) is 4.18. The lowest BCUT2D eigenvalue weighted by Gasteiger charge is -2.33. The van der Waals surface area contributed by atoms with Crippen LogP contribution in [-0.2, 0) is 19.3 Å². The number of carbonyl (C=O) groups is 1. The molecule has 1 aliphatic carbocycles. The number of amides is 1. The van der Waals surface area contributed by atoms with Gasteiger partial charge in [-0.2, -0.15) is 0 Å². The van der Waals surface area contributed by atoms with Gasteiger partial charge in [-0.15, -0.1) is 0 Å². The summed E-state index contributed by atoms with van der Waals surface area (Å²) in [6.45, 7) is 7.58. The average Bonchev–Trinajstić information content (AvgIpc) is 3.03. The van der Waals surface area contributed by atoms with Gasteiger partial charge in [0, 0.05) is 24.2 Å². The van der Waals surface area contributed by atoms with Gasteiger partial charge in [-0.1, -0.05) is 44.1 Å². The van der Waals surface area contributed by atoms with E-state index in [1.165, 1.54) is 5.56 Å². The number of aryl methyl sites for hydroxylation is 2. The summed E-state index contributed by atoms with van der Waals surface area (Å²) >= 11 is 0. The van der Waals surface area contributed by atoms with Crippen molar-refractivity contribution < 1.29 is 9.32 Å². The van der Waals surface area contributed by atoms with Crippen LogP contribution in [-0.4, -0.2) is 17.6 Å². The molecule has 0 spiro atoms. The molecular weight excluding hydrogens is 312 g/mol. The minimum atomic E-state index is -0.00768. The molecular formula is C21H26N2O2. The molecule has 1 aliphatic heterocycles. The Bertz CT molecular complexity index is 800. The largest absolute Gasteiger partial charge is 0.360 e. The fraction of sp³-hybridized carbons (Fsp3) is 0.524. The van der Waals surface area contributed by atoms with Crippen LogP contribution >= 0.6 is 0 Å². The zero-order valence-corrected chi connectivity index (χ0v) is 15.3. The van der Waals surface area contributed by atoms with Gasteiger partial charge in [0.15, 0.2) is 5.69 Å². The zero-order chi connectivity index (χ0) is 17.6. The molecule has 1 atom stereocenters. The number of carbonyl (C=O) groups excluding carboxylic acids is 1. The maximum absolute atomic E-state index is 13.3. The van der Waals surface area contributed by atoms with Crippen LogP contribution in [0.2, 0.25) is 0 Å². The van der Waals surface area contributed by atoms with Crippen LogP contribution in [0.3, 0.4) is 0 Å². The van der Waals surface area contributed by atoms with Crippen LogP contribution in [0, 0.1) is 11.3 Å². The van der Waals surface area contributed by atoms with Gasteiger partial charge in [0.25, 0.3) is 5.91 Å².